The van der Waals surface area contributed by atoms with E-state index in [2.05, 4.69) is 9.97 Å². The molecule has 1 aromatic heterocycles. The van der Waals surface area contributed by atoms with Crippen LogP contribution in [0, 0.1) is 0 Å². The standard InChI is InChI=1S/C15H16N2O2S/c1-3-4-13-12(15(18)19)9-16-14(17-13)10-5-7-11(20-2)8-6-10/h5-9H,3-4H2,1-2H3,(H,18,19). The summed E-state index contributed by atoms with van der Waals surface area (Å²) in [6.07, 6.45) is 4.91. The molecule has 0 bridgehead atoms. The van der Waals surface area contributed by atoms with Gasteiger partial charge in [-0.15, -0.1) is 11.8 Å². The Hall–Kier alpha value is -1.88. The summed E-state index contributed by atoms with van der Waals surface area (Å²) < 4.78 is 0. The van der Waals surface area contributed by atoms with Gasteiger partial charge in [-0.1, -0.05) is 25.5 Å². The van der Waals surface area contributed by atoms with Crippen LogP contribution in [0.2, 0.25) is 0 Å². The molecule has 0 atom stereocenters. The maximum atomic E-state index is 11.1. The number of aryl methyl sites for hydroxylation is 1. The van der Waals surface area contributed by atoms with Gasteiger partial charge >= 0.3 is 5.97 Å². The van der Waals surface area contributed by atoms with Crippen molar-refractivity contribution in [2.75, 3.05) is 6.26 Å². The lowest BCUT2D eigenvalue weighted by atomic mass is 10.1. The summed E-state index contributed by atoms with van der Waals surface area (Å²) >= 11 is 1.67. The largest absolute Gasteiger partial charge is 0.478 e. The lowest BCUT2D eigenvalue weighted by molar-refractivity contribution is 0.0694. The SMILES string of the molecule is CCCc1nc(-c2ccc(SC)cc2)ncc1C(=O)O. The van der Waals surface area contributed by atoms with Gasteiger partial charge < -0.3 is 5.11 Å². The molecule has 0 saturated carbocycles. The molecule has 0 unspecified atom stereocenters. The number of hydrogen-bond acceptors (Lipinski definition) is 4. The number of rotatable bonds is 5. The van der Waals surface area contributed by atoms with Crippen LogP contribution in [0.15, 0.2) is 35.4 Å². The average molecular weight is 288 g/mol. The zero-order chi connectivity index (χ0) is 14.5. The van der Waals surface area contributed by atoms with Crippen molar-refractivity contribution < 1.29 is 9.90 Å². The van der Waals surface area contributed by atoms with E-state index in [0.717, 1.165) is 12.0 Å². The topological polar surface area (TPSA) is 63.1 Å². The van der Waals surface area contributed by atoms with Gasteiger partial charge in [0.2, 0.25) is 0 Å². The molecule has 5 heteroatoms. The Kier molecular flexibility index (Phi) is 4.74. The molecule has 1 heterocycles. The van der Waals surface area contributed by atoms with E-state index in [0.29, 0.717) is 17.9 Å². The van der Waals surface area contributed by atoms with Crippen molar-refractivity contribution in [2.45, 2.75) is 24.7 Å². The van der Waals surface area contributed by atoms with E-state index in [1.807, 2.05) is 37.4 Å². The number of aromatic carboxylic acids is 1. The highest BCUT2D eigenvalue weighted by atomic mass is 32.2. The first-order chi connectivity index (χ1) is 9.65. The predicted molar refractivity (Wildman–Crippen MR) is 80.2 cm³/mol. The molecule has 0 amide bonds. The third-order valence-corrected chi connectivity index (χ3v) is 3.68. The lowest BCUT2D eigenvalue weighted by Crippen LogP contribution is -2.07. The molecule has 2 aromatic rings. The van der Waals surface area contributed by atoms with E-state index in [1.165, 1.54) is 11.1 Å². The molecule has 0 aliphatic rings. The van der Waals surface area contributed by atoms with E-state index in [4.69, 9.17) is 5.11 Å². The first-order valence-corrected chi connectivity index (χ1v) is 7.61. The third kappa shape index (κ3) is 3.17. The normalized spacial score (nSPS) is 10.5. The molecule has 0 radical (unpaired) electrons. The van der Waals surface area contributed by atoms with E-state index in [-0.39, 0.29) is 5.56 Å². The Bertz CT molecular complexity index is 612. The molecule has 4 nitrogen and oxygen atoms in total. The Morgan fingerprint density at radius 1 is 1.30 bits per heavy atom. The second kappa shape index (κ2) is 6.52. The molecule has 0 aliphatic heterocycles. The molecule has 0 fully saturated rings. The molecule has 0 spiro atoms. The van der Waals surface area contributed by atoms with E-state index in [1.54, 1.807) is 11.8 Å². The molecule has 104 valence electrons. The molecule has 20 heavy (non-hydrogen) atoms. The van der Waals surface area contributed by atoms with Gasteiger partial charge in [-0.25, -0.2) is 14.8 Å². The quantitative estimate of drug-likeness (QED) is 0.853. The third-order valence-electron chi connectivity index (χ3n) is 2.93. The highest BCUT2D eigenvalue weighted by molar-refractivity contribution is 7.98. The van der Waals surface area contributed by atoms with Crippen LogP contribution in [0.5, 0.6) is 0 Å². The number of aromatic nitrogens is 2. The van der Waals surface area contributed by atoms with Crippen LogP contribution in [0.4, 0.5) is 0 Å². The Balaban J connectivity index is 2.41. The van der Waals surface area contributed by atoms with Crippen LogP contribution in [0.25, 0.3) is 11.4 Å². The summed E-state index contributed by atoms with van der Waals surface area (Å²) in [5.74, 6) is -0.399. The van der Waals surface area contributed by atoms with Crippen LogP contribution in [0.1, 0.15) is 29.4 Å². The van der Waals surface area contributed by atoms with Crippen molar-refractivity contribution >= 4 is 17.7 Å². The molecule has 1 N–H and O–H groups in total. The molecule has 0 saturated heterocycles. The number of benzene rings is 1. The van der Waals surface area contributed by atoms with Gasteiger partial charge in [0.25, 0.3) is 0 Å². The van der Waals surface area contributed by atoms with Gasteiger partial charge in [-0.05, 0) is 24.8 Å². The Morgan fingerprint density at radius 3 is 2.55 bits per heavy atom. The first-order valence-electron chi connectivity index (χ1n) is 6.39. The zero-order valence-electron chi connectivity index (χ0n) is 11.5. The fourth-order valence-corrected chi connectivity index (χ4v) is 2.31. The summed E-state index contributed by atoms with van der Waals surface area (Å²) in [5, 5.41) is 9.14. The average Bonchev–Trinajstić information content (AvgIpc) is 2.47. The molecule has 0 aliphatic carbocycles. The van der Waals surface area contributed by atoms with E-state index in [9.17, 15) is 4.79 Å². The molecule has 2 rings (SSSR count). The number of carboxylic acids is 1. The first kappa shape index (κ1) is 14.5. The summed E-state index contributed by atoms with van der Waals surface area (Å²) in [7, 11) is 0. The van der Waals surface area contributed by atoms with Crippen LogP contribution in [-0.4, -0.2) is 27.3 Å². The van der Waals surface area contributed by atoms with Crippen LogP contribution in [0.3, 0.4) is 0 Å². The number of nitrogens with zero attached hydrogens (tertiary/aromatic N) is 2. The number of carbonyl (C=O) groups is 1. The highest BCUT2D eigenvalue weighted by Crippen LogP contribution is 2.21. The lowest BCUT2D eigenvalue weighted by Gasteiger charge is -2.07. The smallest absolute Gasteiger partial charge is 0.339 e. The van der Waals surface area contributed by atoms with Gasteiger partial charge in [0.1, 0.15) is 0 Å². The van der Waals surface area contributed by atoms with Crippen molar-refractivity contribution in [1.82, 2.24) is 9.97 Å². The van der Waals surface area contributed by atoms with Gasteiger partial charge in [-0.2, -0.15) is 0 Å². The van der Waals surface area contributed by atoms with E-state index < -0.39 is 5.97 Å². The second-order valence-electron chi connectivity index (χ2n) is 4.34. The minimum absolute atomic E-state index is 0.191. The predicted octanol–water partition coefficient (Wildman–Crippen LogP) is 3.52. The van der Waals surface area contributed by atoms with Crippen LogP contribution in [-0.2, 0) is 6.42 Å². The van der Waals surface area contributed by atoms with Gasteiger partial charge in [0.05, 0.1) is 11.3 Å². The number of hydrogen-bond donors (Lipinski definition) is 1. The minimum atomic E-state index is -0.974. The highest BCUT2D eigenvalue weighted by Gasteiger charge is 2.13. The van der Waals surface area contributed by atoms with Gasteiger partial charge in [0, 0.05) is 16.7 Å². The summed E-state index contributed by atoms with van der Waals surface area (Å²) in [6, 6.07) is 7.93. The monoisotopic (exact) mass is 288 g/mol. The van der Waals surface area contributed by atoms with Crippen molar-refractivity contribution in [3.63, 3.8) is 0 Å². The Morgan fingerprint density at radius 2 is 2.00 bits per heavy atom. The van der Waals surface area contributed by atoms with Gasteiger partial charge in [-0.3, -0.25) is 0 Å². The van der Waals surface area contributed by atoms with Crippen molar-refractivity contribution in [3.8, 4) is 11.4 Å². The fraction of sp³-hybridized carbons (Fsp3) is 0.267. The molecular formula is C15H16N2O2S. The molecular weight excluding hydrogens is 272 g/mol. The number of thioether (sulfide) groups is 1. The second-order valence-corrected chi connectivity index (χ2v) is 5.22. The summed E-state index contributed by atoms with van der Waals surface area (Å²) in [4.78, 5) is 20.9. The summed E-state index contributed by atoms with van der Waals surface area (Å²) in [6.45, 7) is 2.00. The van der Waals surface area contributed by atoms with Crippen molar-refractivity contribution in [3.05, 3.63) is 41.7 Å². The van der Waals surface area contributed by atoms with Crippen LogP contribution < -0.4 is 0 Å². The van der Waals surface area contributed by atoms with Crippen molar-refractivity contribution in [1.29, 1.82) is 0 Å². The maximum Gasteiger partial charge on any atom is 0.339 e. The zero-order valence-corrected chi connectivity index (χ0v) is 12.3. The van der Waals surface area contributed by atoms with Crippen LogP contribution >= 0.6 is 11.8 Å². The number of carboxylic acid groups (broad SMARTS) is 1. The van der Waals surface area contributed by atoms with E-state index >= 15 is 0 Å². The summed E-state index contributed by atoms with van der Waals surface area (Å²) in [5.41, 5.74) is 1.69. The Labute approximate surface area is 122 Å². The van der Waals surface area contributed by atoms with Crippen molar-refractivity contribution in [2.24, 2.45) is 0 Å². The molecule has 1 aromatic carbocycles. The van der Waals surface area contributed by atoms with Gasteiger partial charge in [0.15, 0.2) is 5.82 Å². The maximum absolute atomic E-state index is 11.1. The minimum Gasteiger partial charge on any atom is -0.478 e. The fourth-order valence-electron chi connectivity index (χ4n) is 1.90.